The Morgan fingerprint density at radius 2 is 1.79 bits per heavy atom. The minimum Gasteiger partial charge on any atom is -0.504 e. The van der Waals surface area contributed by atoms with Crippen LogP contribution in [0.2, 0.25) is 0 Å². The van der Waals surface area contributed by atoms with Crippen LogP contribution in [-0.4, -0.2) is 21.2 Å². The third-order valence-electron chi connectivity index (χ3n) is 3.57. The van der Waals surface area contributed by atoms with Crippen LogP contribution in [0.25, 0.3) is 11.1 Å². The minimum atomic E-state index is -1.20. The van der Waals surface area contributed by atoms with E-state index in [9.17, 15) is 9.90 Å². The van der Waals surface area contributed by atoms with Gasteiger partial charge in [0.15, 0.2) is 11.5 Å². The SMILES string of the molecule is O=C(O)c1cccc(OCc2ccc(-c3cccnc3)cc2)c1O. The zero-order valence-corrected chi connectivity index (χ0v) is 12.7. The summed E-state index contributed by atoms with van der Waals surface area (Å²) >= 11 is 0. The van der Waals surface area contributed by atoms with Crippen LogP contribution in [0, 0.1) is 0 Å². The van der Waals surface area contributed by atoms with Gasteiger partial charge in [-0.15, -0.1) is 0 Å². The van der Waals surface area contributed by atoms with Gasteiger partial charge in [0.05, 0.1) is 0 Å². The third-order valence-corrected chi connectivity index (χ3v) is 3.57. The highest BCUT2D eigenvalue weighted by molar-refractivity contribution is 5.91. The average molecular weight is 321 g/mol. The van der Waals surface area contributed by atoms with Gasteiger partial charge in [0.1, 0.15) is 12.2 Å². The summed E-state index contributed by atoms with van der Waals surface area (Å²) in [4.78, 5) is 15.1. The predicted molar refractivity (Wildman–Crippen MR) is 89.1 cm³/mol. The van der Waals surface area contributed by atoms with Crippen LogP contribution in [0.1, 0.15) is 15.9 Å². The second kappa shape index (κ2) is 6.83. The predicted octanol–water partition coefficient (Wildman–Crippen LogP) is 3.73. The first-order valence-electron chi connectivity index (χ1n) is 7.32. The Bertz CT molecular complexity index is 845. The molecule has 0 unspecified atom stereocenters. The summed E-state index contributed by atoms with van der Waals surface area (Å²) in [7, 11) is 0. The first-order chi connectivity index (χ1) is 11.6. The van der Waals surface area contributed by atoms with Crippen LogP contribution in [0.15, 0.2) is 67.0 Å². The molecule has 0 saturated heterocycles. The van der Waals surface area contributed by atoms with Crippen LogP contribution < -0.4 is 4.74 Å². The summed E-state index contributed by atoms with van der Waals surface area (Å²) < 4.78 is 5.53. The maximum absolute atomic E-state index is 11.0. The number of carboxylic acid groups (broad SMARTS) is 1. The smallest absolute Gasteiger partial charge is 0.339 e. The summed E-state index contributed by atoms with van der Waals surface area (Å²) in [5.74, 6) is -1.41. The maximum atomic E-state index is 11.0. The topological polar surface area (TPSA) is 79.7 Å². The first-order valence-corrected chi connectivity index (χ1v) is 7.32. The lowest BCUT2D eigenvalue weighted by molar-refractivity contribution is 0.0692. The second-order valence-electron chi connectivity index (χ2n) is 5.18. The van der Waals surface area contributed by atoms with E-state index in [0.717, 1.165) is 16.7 Å². The number of aromatic carboxylic acids is 1. The molecule has 5 heteroatoms. The summed E-state index contributed by atoms with van der Waals surface area (Å²) in [6, 6.07) is 16.0. The standard InChI is InChI=1S/C19H15NO4/c21-18-16(19(22)23)4-1-5-17(18)24-12-13-6-8-14(9-7-13)15-3-2-10-20-11-15/h1-11,21H,12H2,(H,22,23). The van der Waals surface area contributed by atoms with Gasteiger partial charge in [-0.05, 0) is 34.9 Å². The van der Waals surface area contributed by atoms with E-state index < -0.39 is 5.97 Å². The number of rotatable bonds is 5. The molecule has 0 fully saturated rings. The molecule has 0 spiro atoms. The van der Waals surface area contributed by atoms with E-state index in [1.165, 1.54) is 18.2 Å². The lowest BCUT2D eigenvalue weighted by Gasteiger charge is -2.10. The molecule has 0 atom stereocenters. The average Bonchev–Trinajstić information content (AvgIpc) is 2.62. The molecule has 2 N–H and O–H groups in total. The van der Waals surface area contributed by atoms with Crippen molar-refractivity contribution in [3.63, 3.8) is 0 Å². The fraction of sp³-hybridized carbons (Fsp3) is 0.0526. The number of para-hydroxylation sites is 1. The highest BCUT2D eigenvalue weighted by atomic mass is 16.5. The fourth-order valence-corrected chi connectivity index (χ4v) is 2.30. The molecule has 2 aromatic carbocycles. The molecule has 1 heterocycles. The van der Waals surface area contributed by atoms with Crippen molar-refractivity contribution in [1.29, 1.82) is 0 Å². The number of hydrogen-bond acceptors (Lipinski definition) is 4. The second-order valence-corrected chi connectivity index (χ2v) is 5.18. The van der Waals surface area contributed by atoms with Gasteiger partial charge in [0, 0.05) is 12.4 Å². The number of benzene rings is 2. The van der Waals surface area contributed by atoms with Crippen LogP contribution in [0.4, 0.5) is 0 Å². The van der Waals surface area contributed by atoms with E-state index in [2.05, 4.69) is 4.98 Å². The summed E-state index contributed by atoms with van der Waals surface area (Å²) in [6.07, 6.45) is 3.52. The zero-order chi connectivity index (χ0) is 16.9. The van der Waals surface area contributed by atoms with E-state index in [4.69, 9.17) is 9.84 Å². The van der Waals surface area contributed by atoms with Crippen molar-refractivity contribution in [3.05, 3.63) is 78.1 Å². The van der Waals surface area contributed by atoms with Gasteiger partial charge >= 0.3 is 5.97 Å². The Labute approximate surface area is 138 Å². The van der Waals surface area contributed by atoms with Crippen molar-refractivity contribution >= 4 is 5.97 Å². The van der Waals surface area contributed by atoms with Crippen molar-refractivity contribution in [2.24, 2.45) is 0 Å². The molecule has 3 rings (SSSR count). The molecular weight excluding hydrogens is 306 g/mol. The Morgan fingerprint density at radius 3 is 2.46 bits per heavy atom. The number of carboxylic acids is 1. The normalized spacial score (nSPS) is 10.3. The number of carbonyl (C=O) groups is 1. The van der Waals surface area contributed by atoms with Crippen molar-refractivity contribution in [2.45, 2.75) is 6.61 Å². The molecule has 0 bridgehead atoms. The van der Waals surface area contributed by atoms with Gasteiger partial charge in [-0.1, -0.05) is 36.4 Å². The lowest BCUT2D eigenvalue weighted by atomic mass is 10.1. The number of phenols is 1. The molecule has 0 aliphatic rings. The van der Waals surface area contributed by atoms with Gasteiger partial charge < -0.3 is 14.9 Å². The molecule has 0 radical (unpaired) electrons. The van der Waals surface area contributed by atoms with Crippen molar-refractivity contribution in [3.8, 4) is 22.6 Å². The molecule has 120 valence electrons. The van der Waals surface area contributed by atoms with Crippen LogP contribution in [0.3, 0.4) is 0 Å². The first kappa shape index (κ1) is 15.6. The molecule has 0 saturated carbocycles. The maximum Gasteiger partial charge on any atom is 0.339 e. The van der Waals surface area contributed by atoms with E-state index in [-0.39, 0.29) is 23.7 Å². The molecule has 5 nitrogen and oxygen atoms in total. The van der Waals surface area contributed by atoms with Gasteiger partial charge in [-0.3, -0.25) is 4.98 Å². The monoisotopic (exact) mass is 321 g/mol. The Kier molecular flexibility index (Phi) is 4.43. The van der Waals surface area contributed by atoms with E-state index in [1.807, 2.05) is 36.4 Å². The summed E-state index contributed by atoms with van der Waals surface area (Å²) in [5, 5.41) is 18.9. The van der Waals surface area contributed by atoms with E-state index in [1.54, 1.807) is 12.4 Å². The summed E-state index contributed by atoms with van der Waals surface area (Å²) in [6.45, 7) is 0.226. The third kappa shape index (κ3) is 3.35. The molecule has 24 heavy (non-hydrogen) atoms. The highest BCUT2D eigenvalue weighted by Crippen LogP contribution is 2.30. The number of nitrogens with zero attached hydrogens (tertiary/aromatic N) is 1. The summed E-state index contributed by atoms with van der Waals surface area (Å²) in [5.41, 5.74) is 2.79. The molecule has 1 aromatic heterocycles. The number of aromatic nitrogens is 1. The highest BCUT2D eigenvalue weighted by Gasteiger charge is 2.13. The Balaban J connectivity index is 1.72. The van der Waals surface area contributed by atoms with Gasteiger partial charge in [0.25, 0.3) is 0 Å². The molecule has 3 aromatic rings. The van der Waals surface area contributed by atoms with Gasteiger partial charge in [-0.25, -0.2) is 4.79 Å². The number of hydrogen-bond donors (Lipinski definition) is 2. The van der Waals surface area contributed by atoms with Crippen molar-refractivity contribution in [2.75, 3.05) is 0 Å². The zero-order valence-electron chi connectivity index (χ0n) is 12.7. The van der Waals surface area contributed by atoms with Gasteiger partial charge in [-0.2, -0.15) is 0 Å². The van der Waals surface area contributed by atoms with Gasteiger partial charge in [0.2, 0.25) is 0 Å². The fourth-order valence-electron chi connectivity index (χ4n) is 2.30. The Hall–Kier alpha value is -3.34. The number of ether oxygens (including phenoxy) is 1. The number of pyridine rings is 1. The minimum absolute atomic E-state index is 0.145. The van der Waals surface area contributed by atoms with Crippen molar-refractivity contribution in [1.82, 2.24) is 4.98 Å². The molecule has 0 aliphatic carbocycles. The van der Waals surface area contributed by atoms with E-state index >= 15 is 0 Å². The molecule has 0 aliphatic heterocycles. The Morgan fingerprint density at radius 1 is 1.00 bits per heavy atom. The quantitative estimate of drug-likeness (QED) is 0.748. The largest absolute Gasteiger partial charge is 0.504 e. The lowest BCUT2D eigenvalue weighted by Crippen LogP contribution is -2.00. The van der Waals surface area contributed by atoms with Crippen molar-refractivity contribution < 1.29 is 19.7 Å². The van der Waals surface area contributed by atoms with Crippen LogP contribution in [0.5, 0.6) is 11.5 Å². The van der Waals surface area contributed by atoms with Crippen LogP contribution >= 0.6 is 0 Å². The van der Waals surface area contributed by atoms with Crippen LogP contribution in [-0.2, 0) is 6.61 Å². The number of aromatic hydroxyl groups is 1. The molecular formula is C19H15NO4. The van der Waals surface area contributed by atoms with E-state index in [0.29, 0.717) is 0 Å². The molecule has 0 amide bonds.